The van der Waals surface area contributed by atoms with Crippen molar-refractivity contribution in [2.24, 2.45) is 11.3 Å². The van der Waals surface area contributed by atoms with Gasteiger partial charge in [-0.05, 0) is 50.2 Å². The highest BCUT2D eigenvalue weighted by Crippen LogP contribution is 2.43. The van der Waals surface area contributed by atoms with Crippen molar-refractivity contribution in [3.8, 4) is 0 Å². The van der Waals surface area contributed by atoms with Crippen molar-refractivity contribution >= 4 is 15.9 Å². The number of piperidine rings is 1. The van der Waals surface area contributed by atoms with Crippen LogP contribution in [0, 0.1) is 23.0 Å². The summed E-state index contributed by atoms with van der Waals surface area (Å²) < 4.78 is 53.9. The van der Waals surface area contributed by atoms with E-state index in [2.05, 4.69) is 0 Å². The number of hydrogen-bond donors (Lipinski definition) is 0. The lowest BCUT2D eigenvalue weighted by molar-refractivity contribution is -0.145. The van der Waals surface area contributed by atoms with Crippen LogP contribution in [0.1, 0.15) is 32.1 Å². The van der Waals surface area contributed by atoms with Crippen LogP contribution in [0.2, 0.25) is 0 Å². The number of nitrogens with zero attached hydrogens (tertiary/aromatic N) is 2. The smallest absolute Gasteiger partial charge is 0.246 e. The number of carbonyl (C=O) groups is 1. The Morgan fingerprint density at radius 2 is 1.92 bits per heavy atom. The van der Waals surface area contributed by atoms with Crippen molar-refractivity contribution in [2.45, 2.75) is 37.0 Å². The number of carbonyl (C=O) groups excluding carboxylic acids is 1. The van der Waals surface area contributed by atoms with Crippen molar-refractivity contribution in [1.82, 2.24) is 9.21 Å². The summed E-state index contributed by atoms with van der Waals surface area (Å²) in [6.07, 6.45) is 4.28. The summed E-state index contributed by atoms with van der Waals surface area (Å²) in [7, 11) is -4.09. The second kappa shape index (κ2) is 6.27. The van der Waals surface area contributed by atoms with Crippen molar-refractivity contribution in [1.29, 1.82) is 0 Å². The van der Waals surface area contributed by atoms with Gasteiger partial charge in [-0.15, -0.1) is 0 Å². The number of hydrogen-bond acceptors (Lipinski definition) is 3. The zero-order valence-electron chi connectivity index (χ0n) is 14.5. The minimum Gasteiger partial charge on any atom is -0.342 e. The van der Waals surface area contributed by atoms with Crippen molar-refractivity contribution in [3.63, 3.8) is 0 Å². The first kappa shape index (κ1) is 17.9. The minimum atomic E-state index is -4.09. The fourth-order valence-corrected chi connectivity index (χ4v) is 5.75. The SMILES string of the molecule is O=C1N(CC2CC2)CCC[C@@]12CCN(S(=O)(=O)c1ccc(F)cc1F)C2. The number of benzene rings is 1. The van der Waals surface area contributed by atoms with E-state index < -0.39 is 32.0 Å². The van der Waals surface area contributed by atoms with E-state index in [1.807, 2.05) is 4.90 Å². The van der Waals surface area contributed by atoms with Crippen LogP contribution in [-0.2, 0) is 14.8 Å². The highest BCUT2D eigenvalue weighted by Gasteiger charge is 2.51. The maximum absolute atomic E-state index is 14.0. The number of sulfonamides is 1. The molecule has 4 rings (SSSR count). The first-order chi connectivity index (χ1) is 12.3. The molecule has 1 atom stereocenters. The molecule has 1 aliphatic carbocycles. The Kier molecular flexibility index (Phi) is 4.30. The molecule has 2 aliphatic heterocycles. The van der Waals surface area contributed by atoms with Crippen molar-refractivity contribution in [2.75, 3.05) is 26.2 Å². The first-order valence-corrected chi connectivity index (χ1v) is 10.5. The Bertz CT molecular complexity index is 841. The molecule has 5 nitrogen and oxygen atoms in total. The highest BCUT2D eigenvalue weighted by molar-refractivity contribution is 7.89. The Morgan fingerprint density at radius 3 is 2.62 bits per heavy atom. The fraction of sp³-hybridized carbons (Fsp3) is 0.611. The Morgan fingerprint density at radius 1 is 1.15 bits per heavy atom. The van der Waals surface area contributed by atoms with Gasteiger partial charge in [0.1, 0.15) is 16.5 Å². The molecule has 0 bridgehead atoms. The molecule has 1 saturated carbocycles. The molecule has 1 aromatic carbocycles. The third-order valence-electron chi connectivity index (χ3n) is 5.83. The van der Waals surface area contributed by atoms with E-state index in [-0.39, 0.29) is 19.0 Å². The average molecular weight is 384 g/mol. The molecule has 0 aromatic heterocycles. The monoisotopic (exact) mass is 384 g/mol. The molecule has 8 heteroatoms. The quantitative estimate of drug-likeness (QED) is 0.801. The zero-order chi connectivity index (χ0) is 18.5. The van der Waals surface area contributed by atoms with E-state index >= 15 is 0 Å². The zero-order valence-corrected chi connectivity index (χ0v) is 15.3. The van der Waals surface area contributed by atoms with E-state index in [1.54, 1.807) is 0 Å². The Balaban J connectivity index is 1.56. The summed E-state index contributed by atoms with van der Waals surface area (Å²) in [5.74, 6) is -1.30. The highest BCUT2D eigenvalue weighted by atomic mass is 32.2. The molecule has 3 fully saturated rings. The standard InChI is InChI=1S/C18H22F2N2O3S/c19-14-4-5-16(15(20)10-14)26(24,25)22-9-7-18(12-22)6-1-8-21(17(18)23)11-13-2-3-13/h4-5,10,13H,1-3,6-9,11-12H2/t18-/m0/s1. The van der Waals surface area contributed by atoms with E-state index in [9.17, 15) is 22.0 Å². The predicted molar refractivity (Wildman–Crippen MR) is 90.7 cm³/mol. The summed E-state index contributed by atoms with van der Waals surface area (Å²) in [6.45, 7) is 1.75. The molecule has 26 heavy (non-hydrogen) atoms. The molecule has 1 aromatic rings. The lowest BCUT2D eigenvalue weighted by Gasteiger charge is -2.39. The topological polar surface area (TPSA) is 57.7 Å². The molecule has 1 amide bonds. The molecule has 0 radical (unpaired) electrons. The first-order valence-electron chi connectivity index (χ1n) is 9.06. The number of rotatable bonds is 4. The van der Waals surface area contributed by atoms with Crippen LogP contribution in [0.5, 0.6) is 0 Å². The van der Waals surface area contributed by atoms with Gasteiger partial charge >= 0.3 is 0 Å². The van der Waals surface area contributed by atoms with E-state index in [0.717, 1.165) is 44.5 Å². The van der Waals surface area contributed by atoms with Gasteiger partial charge < -0.3 is 4.90 Å². The van der Waals surface area contributed by atoms with Gasteiger partial charge in [0, 0.05) is 32.2 Å². The second-order valence-corrected chi connectivity index (χ2v) is 9.65. The molecular weight excluding hydrogens is 362 g/mol. The Labute approximate surface area is 152 Å². The van der Waals surface area contributed by atoms with Gasteiger partial charge in [0.05, 0.1) is 5.41 Å². The van der Waals surface area contributed by atoms with Crippen LogP contribution in [0.25, 0.3) is 0 Å². The molecule has 1 spiro atoms. The van der Waals surface area contributed by atoms with E-state index in [0.29, 0.717) is 24.8 Å². The summed E-state index contributed by atoms with van der Waals surface area (Å²) in [5, 5.41) is 0. The van der Waals surface area contributed by atoms with Gasteiger partial charge in [-0.1, -0.05) is 0 Å². The fourth-order valence-electron chi connectivity index (χ4n) is 4.18. The van der Waals surface area contributed by atoms with Crippen molar-refractivity contribution < 1.29 is 22.0 Å². The van der Waals surface area contributed by atoms with E-state index in [1.165, 1.54) is 4.31 Å². The summed E-state index contributed by atoms with van der Waals surface area (Å²) in [6, 6.07) is 2.46. The molecule has 142 valence electrons. The average Bonchev–Trinajstić information content (AvgIpc) is 3.29. The van der Waals surface area contributed by atoms with Gasteiger partial charge in [0.25, 0.3) is 0 Å². The van der Waals surface area contributed by atoms with Crippen LogP contribution < -0.4 is 0 Å². The number of amides is 1. The van der Waals surface area contributed by atoms with Crippen LogP contribution in [-0.4, -0.2) is 49.7 Å². The van der Waals surface area contributed by atoms with Gasteiger partial charge in [-0.3, -0.25) is 4.79 Å². The second-order valence-electron chi connectivity index (χ2n) is 7.74. The lowest BCUT2D eigenvalue weighted by Crippen LogP contribution is -2.50. The third-order valence-corrected chi connectivity index (χ3v) is 7.71. The van der Waals surface area contributed by atoms with E-state index in [4.69, 9.17) is 0 Å². The maximum atomic E-state index is 14.0. The van der Waals surface area contributed by atoms with Crippen LogP contribution in [0.3, 0.4) is 0 Å². The van der Waals surface area contributed by atoms with Crippen LogP contribution in [0.4, 0.5) is 8.78 Å². The lowest BCUT2D eigenvalue weighted by atomic mass is 9.78. The molecule has 0 N–H and O–H groups in total. The summed E-state index contributed by atoms with van der Waals surface area (Å²) in [4.78, 5) is 14.4. The molecular formula is C18H22F2N2O3S. The Hall–Kier alpha value is -1.54. The summed E-state index contributed by atoms with van der Waals surface area (Å²) in [5.41, 5.74) is -0.698. The normalized spacial score (nSPS) is 27.5. The third kappa shape index (κ3) is 3.03. The van der Waals surface area contributed by atoms with Gasteiger partial charge in [-0.2, -0.15) is 4.31 Å². The maximum Gasteiger partial charge on any atom is 0.246 e. The van der Waals surface area contributed by atoms with Gasteiger partial charge in [0.15, 0.2) is 0 Å². The van der Waals surface area contributed by atoms with Gasteiger partial charge in [0.2, 0.25) is 15.9 Å². The largest absolute Gasteiger partial charge is 0.342 e. The number of likely N-dealkylation sites (tertiary alicyclic amines) is 1. The molecule has 2 heterocycles. The minimum absolute atomic E-state index is 0.0351. The summed E-state index contributed by atoms with van der Waals surface area (Å²) >= 11 is 0. The van der Waals surface area contributed by atoms with Crippen LogP contribution >= 0.6 is 0 Å². The predicted octanol–water partition coefficient (Wildman–Crippen LogP) is 2.38. The van der Waals surface area contributed by atoms with Crippen LogP contribution in [0.15, 0.2) is 23.1 Å². The molecule has 0 unspecified atom stereocenters. The van der Waals surface area contributed by atoms with Crippen molar-refractivity contribution in [3.05, 3.63) is 29.8 Å². The van der Waals surface area contributed by atoms with Gasteiger partial charge in [-0.25, -0.2) is 17.2 Å². The number of halogens is 2. The molecule has 2 saturated heterocycles. The molecule has 3 aliphatic rings.